The lowest BCUT2D eigenvalue weighted by Crippen LogP contribution is -2.33. The number of benzene rings is 1. The quantitative estimate of drug-likeness (QED) is 0.862. The van der Waals surface area contributed by atoms with Crippen molar-refractivity contribution < 1.29 is 14.3 Å². The lowest BCUT2D eigenvalue weighted by Gasteiger charge is -2.22. The van der Waals surface area contributed by atoms with Crippen LogP contribution in [-0.2, 0) is 9.53 Å². The summed E-state index contributed by atoms with van der Waals surface area (Å²) in [6.07, 6.45) is 1.70. The monoisotopic (exact) mass is 380 g/mol. The van der Waals surface area contributed by atoms with E-state index in [4.69, 9.17) is 16.3 Å². The van der Waals surface area contributed by atoms with Crippen LogP contribution in [0.25, 0.3) is 0 Å². The number of hydrogen-bond acceptors (Lipinski definition) is 6. The summed E-state index contributed by atoms with van der Waals surface area (Å²) in [5.74, 6) is -0.427. The number of methoxy groups -OCH3 is 1. The smallest absolute Gasteiger partial charge is 0.286 e. The van der Waals surface area contributed by atoms with Crippen molar-refractivity contribution in [1.82, 2.24) is 15.1 Å². The predicted octanol–water partition coefficient (Wildman–Crippen LogP) is 2.75. The van der Waals surface area contributed by atoms with E-state index in [9.17, 15) is 9.59 Å². The Morgan fingerprint density at radius 2 is 2.28 bits per heavy atom. The number of rotatable bonds is 5. The van der Waals surface area contributed by atoms with Crippen LogP contribution in [0.15, 0.2) is 24.3 Å². The van der Waals surface area contributed by atoms with Gasteiger partial charge >= 0.3 is 0 Å². The molecule has 1 aromatic carbocycles. The Balaban J connectivity index is 1.71. The Morgan fingerprint density at radius 1 is 1.44 bits per heavy atom. The molecule has 132 valence electrons. The maximum atomic E-state index is 12.3. The van der Waals surface area contributed by atoms with E-state index in [1.165, 1.54) is 18.4 Å². The summed E-state index contributed by atoms with van der Waals surface area (Å²) in [7, 11) is 1.49. The van der Waals surface area contributed by atoms with Crippen molar-refractivity contribution in [2.24, 2.45) is 0 Å². The second kappa shape index (κ2) is 7.90. The first-order valence-electron chi connectivity index (χ1n) is 7.77. The van der Waals surface area contributed by atoms with Gasteiger partial charge in [-0.2, -0.15) is 0 Å². The highest BCUT2D eigenvalue weighted by Gasteiger charge is 2.32. The number of aromatic nitrogens is 2. The van der Waals surface area contributed by atoms with Crippen LogP contribution in [0.4, 0.5) is 5.69 Å². The minimum atomic E-state index is -0.348. The van der Waals surface area contributed by atoms with Crippen molar-refractivity contribution in [2.75, 3.05) is 25.6 Å². The third kappa shape index (κ3) is 4.15. The number of ether oxygens (including phenoxy) is 1. The van der Waals surface area contributed by atoms with Crippen molar-refractivity contribution in [3.63, 3.8) is 0 Å². The molecule has 0 radical (unpaired) electrons. The molecule has 2 aromatic rings. The van der Waals surface area contributed by atoms with Crippen molar-refractivity contribution in [1.29, 1.82) is 0 Å². The Kier molecular flexibility index (Phi) is 5.62. The largest absolute Gasteiger partial charge is 0.375 e. The summed E-state index contributed by atoms with van der Waals surface area (Å²) in [5, 5.41) is 12.3. The van der Waals surface area contributed by atoms with E-state index >= 15 is 0 Å². The molecule has 7 nitrogen and oxygen atoms in total. The van der Waals surface area contributed by atoms with Gasteiger partial charge in [0.1, 0.15) is 11.6 Å². The molecule has 1 aromatic heterocycles. The minimum Gasteiger partial charge on any atom is -0.375 e. The zero-order valence-electron chi connectivity index (χ0n) is 13.6. The highest BCUT2D eigenvalue weighted by molar-refractivity contribution is 7.13. The first-order chi connectivity index (χ1) is 12.1. The molecule has 0 aliphatic carbocycles. The number of hydrogen-bond donors (Lipinski definition) is 1. The SMILES string of the molecule is COCC(=O)N1CCC[C@@H]1c1nnc(C(=O)Nc2cccc(Cl)c2)s1. The van der Waals surface area contributed by atoms with Gasteiger partial charge in [-0.05, 0) is 31.0 Å². The first-order valence-corrected chi connectivity index (χ1v) is 8.96. The summed E-state index contributed by atoms with van der Waals surface area (Å²) >= 11 is 7.11. The summed E-state index contributed by atoms with van der Waals surface area (Å²) in [6.45, 7) is 0.702. The van der Waals surface area contributed by atoms with Gasteiger partial charge in [0.15, 0.2) is 0 Å². The summed E-state index contributed by atoms with van der Waals surface area (Å²) in [5.41, 5.74) is 0.590. The van der Waals surface area contributed by atoms with Crippen LogP contribution in [0.2, 0.25) is 5.02 Å². The fourth-order valence-electron chi connectivity index (χ4n) is 2.74. The number of amides is 2. The number of carbonyl (C=O) groups is 2. The summed E-state index contributed by atoms with van der Waals surface area (Å²) < 4.78 is 4.92. The number of carbonyl (C=O) groups excluding carboxylic acids is 2. The Bertz CT molecular complexity index is 782. The number of likely N-dealkylation sites (tertiary alicyclic amines) is 1. The minimum absolute atomic E-state index is 0.0391. The molecule has 1 aliphatic rings. The molecule has 2 heterocycles. The summed E-state index contributed by atoms with van der Waals surface area (Å²) in [4.78, 5) is 26.2. The lowest BCUT2D eigenvalue weighted by atomic mass is 10.2. The van der Waals surface area contributed by atoms with Gasteiger partial charge in [-0.3, -0.25) is 9.59 Å². The van der Waals surface area contributed by atoms with Gasteiger partial charge in [0, 0.05) is 24.4 Å². The van der Waals surface area contributed by atoms with Crippen molar-refractivity contribution in [3.05, 3.63) is 39.3 Å². The molecule has 1 saturated heterocycles. The van der Waals surface area contributed by atoms with Crippen LogP contribution < -0.4 is 5.32 Å². The van der Waals surface area contributed by atoms with E-state index in [1.807, 2.05) is 0 Å². The molecule has 2 amide bonds. The standard InChI is InChI=1S/C16H17ClN4O3S/c1-24-9-13(22)21-7-3-6-12(21)15-19-20-16(25-15)14(23)18-11-5-2-4-10(17)8-11/h2,4-5,8,12H,3,6-7,9H2,1H3,(H,18,23)/t12-/m1/s1. The van der Waals surface area contributed by atoms with E-state index in [-0.39, 0.29) is 29.5 Å². The first kappa shape index (κ1) is 17.8. The van der Waals surface area contributed by atoms with Crippen LogP contribution >= 0.6 is 22.9 Å². The molecule has 0 unspecified atom stereocenters. The third-order valence-corrected chi connectivity index (χ3v) is 5.10. The zero-order valence-corrected chi connectivity index (χ0v) is 15.1. The molecule has 1 fully saturated rings. The van der Waals surface area contributed by atoms with Gasteiger partial charge in [-0.1, -0.05) is 29.0 Å². The number of anilines is 1. The number of halogens is 1. The Labute approximate surface area is 153 Å². The van der Waals surface area contributed by atoms with Crippen molar-refractivity contribution in [2.45, 2.75) is 18.9 Å². The van der Waals surface area contributed by atoms with Crippen molar-refractivity contribution >= 4 is 40.4 Å². The molecule has 0 spiro atoms. The van der Waals surface area contributed by atoms with E-state index < -0.39 is 0 Å². The lowest BCUT2D eigenvalue weighted by molar-refractivity contribution is -0.136. The molecule has 1 aliphatic heterocycles. The van der Waals surface area contributed by atoms with Gasteiger partial charge in [-0.25, -0.2) is 0 Å². The average molecular weight is 381 g/mol. The Hall–Kier alpha value is -2.03. The third-order valence-electron chi connectivity index (χ3n) is 3.84. The van der Waals surface area contributed by atoms with Crippen LogP contribution in [0.1, 0.15) is 33.7 Å². The van der Waals surface area contributed by atoms with Gasteiger partial charge in [0.05, 0.1) is 6.04 Å². The second-order valence-electron chi connectivity index (χ2n) is 5.59. The molecule has 25 heavy (non-hydrogen) atoms. The van der Waals surface area contributed by atoms with Gasteiger partial charge in [0.2, 0.25) is 10.9 Å². The average Bonchev–Trinajstić information content (AvgIpc) is 3.24. The van der Waals surface area contributed by atoms with Crippen LogP contribution in [0, 0.1) is 0 Å². The van der Waals surface area contributed by atoms with Gasteiger partial charge < -0.3 is 15.0 Å². The van der Waals surface area contributed by atoms with E-state index in [1.54, 1.807) is 29.2 Å². The number of nitrogens with one attached hydrogen (secondary N) is 1. The van der Waals surface area contributed by atoms with Crippen LogP contribution in [-0.4, -0.2) is 47.2 Å². The zero-order chi connectivity index (χ0) is 17.8. The van der Waals surface area contributed by atoms with Gasteiger partial charge in [-0.15, -0.1) is 10.2 Å². The van der Waals surface area contributed by atoms with Crippen LogP contribution in [0.5, 0.6) is 0 Å². The fourth-order valence-corrected chi connectivity index (χ4v) is 3.82. The van der Waals surface area contributed by atoms with Crippen molar-refractivity contribution in [3.8, 4) is 0 Å². The second-order valence-corrected chi connectivity index (χ2v) is 7.03. The number of nitrogens with zero attached hydrogens (tertiary/aromatic N) is 3. The molecule has 3 rings (SSSR count). The Morgan fingerprint density at radius 3 is 3.04 bits per heavy atom. The molecule has 9 heteroatoms. The predicted molar refractivity (Wildman–Crippen MR) is 94.9 cm³/mol. The normalized spacial score (nSPS) is 16.9. The molecule has 1 atom stereocenters. The topological polar surface area (TPSA) is 84.4 Å². The van der Waals surface area contributed by atoms with E-state index in [0.717, 1.165) is 12.8 Å². The van der Waals surface area contributed by atoms with Crippen LogP contribution in [0.3, 0.4) is 0 Å². The molecular weight excluding hydrogens is 364 g/mol. The summed E-state index contributed by atoms with van der Waals surface area (Å²) in [6, 6.07) is 6.73. The highest BCUT2D eigenvalue weighted by Crippen LogP contribution is 2.33. The molecule has 0 bridgehead atoms. The molecule has 0 saturated carbocycles. The van der Waals surface area contributed by atoms with E-state index in [2.05, 4.69) is 15.5 Å². The highest BCUT2D eigenvalue weighted by atomic mass is 35.5. The maximum absolute atomic E-state index is 12.3. The molecule has 1 N–H and O–H groups in total. The van der Waals surface area contributed by atoms with Gasteiger partial charge in [0.25, 0.3) is 5.91 Å². The maximum Gasteiger partial charge on any atom is 0.286 e. The molecular formula is C16H17ClN4O3S. The fraction of sp³-hybridized carbons (Fsp3) is 0.375. The van der Waals surface area contributed by atoms with E-state index in [0.29, 0.717) is 22.3 Å².